The fraction of sp³-hybridized carbons (Fsp3) is 0.100. The van der Waals surface area contributed by atoms with E-state index in [1.165, 1.54) is 28.7 Å². The van der Waals surface area contributed by atoms with Crippen LogP contribution < -0.4 is 10.1 Å². The average Bonchev–Trinajstić information content (AvgIpc) is 3.30. The Kier molecular flexibility index (Phi) is 4.19. The molecule has 1 aliphatic heterocycles. The molecule has 4 aromatic rings. The second-order valence-corrected chi connectivity index (χ2v) is 10.7. The summed E-state index contributed by atoms with van der Waals surface area (Å²) in [6.45, 7) is 0.436. The lowest BCUT2D eigenvalue weighted by Crippen LogP contribution is -2.09. The number of ether oxygens (including phenoxy) is 1. The molecule has 2 aromatic heterocycles. The number of nitrogens with one attached hydrogen (secondary N) is 1. The van der Waals surface area contributed by atoms with E-state index >= 15 is 0 Å². The molecule has 3 heterocycles. The summed E-state index contributed by atoms with van der Waals surface area (Å²) in [4.78, 5) is 19.0. The predicted molar refractivity (Wildman–Crippen MR) is 115 cm³/mol. The largest absolute Gasteiger partial charge is 0.488 e. The monoisotopic (exact) mass is 442 g/mol. The summed E-state index contributed by atoms with van der Waals surface area (Å²) < 4.78 is 29.9. The van der Waals surface area contributed by atoms with Crippen LogP contribution >= 0.6 is 22.7 Å². The molecular formula is C20H14N2O4S3. The molecular weight excluding hydrogens is 428 g/mol. The Morgan fingerprint density at radius 1 is 1.14 bits per heavy atom. The predicted octanol–water partition coefficient (Wildman–Crippen LogP) is 4.57. The molecule has 1 aliphatic rings. The van der Waals surface area contributed by atoms with Crippen molar-refractivity contribution in [1.82, 2.24) is 4.98 Å². The third-order valence-corrected chi connectivity index (χ3v) is 7.81. The molecule has 29 heavy (non-hydrogen) atoms. The van der Waals surface area contributed by atoms with Crippen molar-refractivity contribution < 1.29 is 17.9 Å². The first kappa shape index (κ1) is 18.3. The minimum absolute atomic E-state index is 0.233. The summed E-state index contributed by atoms with van der Waals surface area (Å²) in [6.07, 6.45) is 1.16. The number of amides is 1. The van der Waals surface area contributed by atoms with E-state index < -0.39 is 9.84 Å². The number of benzene rings is 2. The topological polar surface area (TPSA) is 85.4 Å². The van der Waals surface area contributed by atoms with Gasteiger partial charge in [-0.3, -0.25) is 10.1 Å². The second-order valence-electron chi connectivity index (χ2n) is 6.62. The van der Waals surface area contributed by atoms with E-state index in [-0.39, 0.29) is 10.8 Å². The first-order valence-electron chi connectivity index (χ1n) is 8.65. The number of sulfone groups is 1. The van der Waals surface area contributed by atoms with Gasteiger partial charge >= 0.3 is 0 Å². The molecule has 0 radical (unpaired) electrons. The first-order valence-corrected chi connectivity index (χ1v) is 12.2. The molecule has 2 aromatic carbocycles. The van der Waals surface area contributed by atoms with Crippen molar-refractivity contribution in [3.05, 3.63) is 59.0 Å². The molecule has 6 nitrogen and oxygen atoms in total. The normalized spacial score (nSPS) is 12.9. The molecule has 0 saturated carbocycles. The molecule has 9 heteroatoms. The zero-order chi connectivity index (χ0) is 20.2. The molecule has 0 atom stereocenters. The van der Waals surface area contributed by atoms with Gasteiger partial charge in [-0.1, -0.05) is 23.5 Å². The number of thiazole rings is 1. The summed E-state index contributed by atoms with van der Waals surface area (Å²) in [5.74, 6) is 0.575. The number of rotatable bonds is 3. The van der Waals surface area contributed by atoms with Crippen molar-refractivity contribution in [3.8, 4) is 16.2 Å². The van der Waals surface area contributed by atoms with Gasteiger partial charge in [-0.2, -0.15) is 0 Å². The maximum atomic E-state index is 12.8. The number of carbonyl (C=O) groups excluding carboxylic acids is 1. The number of hydrogen-bond acceptors (Lipinski definition) is 7. The zero-order valence-corrected chi connectivity index (χ0v) is 17.6. The lowest BCUT2D eigenvalue weighted by atomic mass is 10.1. The van der Waals surface area contributed by atoms with Crippen molar-refractivity contribution >= 4 is 53.8 Å². The van der Waals surface area contributed by atoms with Crippen molar-refractivity contribution in [3.63, 3.8) is 0 Å². The van der Waals surface area contributed by atoms with Gasteiger partial charge in [0.25, 0.3) is 5.91 Å². The molecule has 1 amide bonds. The standard InChI is InChI=1S/C20H14N2O4S3/c1-29(24,25)12-6-7-14-16(9-12)28-20(21-14)22-19(23)17-8-11-10-26-15-5-3-2-4-13(15)18(11)27-17/h2-9H,10H2,1H3,(H,21,22,23). The Morgan fingerprint density at radius 2 is 1.97 bits per heavy atom. The van der Waals surface area contributed by atoms with Crippen LogP contribution in [0.2, 0.25) is 0 Å². The summed E-state index contributed by atoms with van der Waals surface area (Å²) in [6, 6.07) is 14.4. The summed E-state index contributed by atoms with van der Waals surface area (Å²) in [7, 11) is -3.30. The minimum Gasteiger partial charge on any atom is -0.488 e. The van der Waals surface area contributed by atoms with Gasteiger partial charge in [0.05, 0.1) is 20.0 Å². The maximum absolute atomic E-state index is 12.8. The fourth-order valence-electron chi connectivity index (χ4n) is 3.16. The van der Waals surface area contributed by atoms with E-state index in [9.17, 15) is 13.2 Å². The third kappa shape index (κ3) is 3.31. The molecule has 0 spiro atoms. The fourth-order valence-corrected chi connectivity index (χ4v) is 5.87. The third-order valence-electron chi connectivity index (χ3n) is 4.56. The van der Waals surface area contributed by atoms with Gasteiger partial charge in [0.1, 0.15) is 12.4 Å². The number of hydrogen-bond donors (Lipinski definition) is 1. The van der Waals surface area contributed by atoms with Gasteiger partial charge in [0, 0.05) is 22.3 Å². The maximum Gasteiger partial charge on any atom is 0.267 e. The van der Waals surface area contributed by atoms with Gasteiger partial charge in [-0.15, -0.1) is 11.3 Å². The average molecular weight is 443 g/mol. The lowest BCUT2D eigenvalue weighted by Gasteiger charge is -2.16. The highest BCUT2D eigenvalue weighted by molar-refractivity contribution is 7.90. The van der Waals surface area contributed by atoms with Gasteiger partial charge in [-0.05, 0) is 36.4 Å². The number of fused-ring (bicyclic) bond motifs is 4. The van der Waals surface area contributed by atoms with Gasteiger partial charge in [0.2, 0.25) is 0 Å². The molecule has 0 unspecified atom stereocenters. The Hall–Kier alpha value is -2.75. The van der Waals surface area contributed by atoms with Crippen LogP contribution in [-0.2, 0) is 16.4 Å². The molecule has 0 bridgehead atoms. The number of para-hydroxylation sites is 1. The highest BCUT2D eigenvalue weighted by Crippen LogP contribution is 2.42. The molecule has 0 aliphatic carbocycles. The van der Waals surface area contributed by atoms with Crippen LogP contribution in [0, 0.1) is 0 Å². The van der Waals surface area contributed by atoms with E-state index in [1.54, 1.807) is 12.1 Å². The highest BCUT2D eigenvalue weighted by Gasteiger charge is 2.23. The van der Waals surface area contributed by atoms with E-state index in [0.717, 1.165) is 28.0 Å². The zero-order valence-electron chi connectivity index (χ0n) is 15.1. The Labute approximate surface area is 174 Å². The van der Waals surface area contributed by atoms with E-state index in [2.05, 4.69) is 10.3 Å². The Balaban J connectivity index is 1.44. The summed E-state index contributed by atoms with van der Waals surface area (Å²) in [5, 5.41) is 3.26. The van der Waals surface area contributed by atoms with Crippen molar-refractivity contribution in [2.45, 2.75) is 11.5 Å². The number of nitrogens with zero attached hydrogens (tertiary/aromatic N) is 1. The molecule has 146 valence electrons. The van der Waals surface area contributed by atoms with E-state index in [4.69, 9.17) is 4.74 Å². The summed E-state index contributed by atoms with van der Waals surface area (Å²) in [5.41, 5.74) is 2.62. The number of aromatic nitrogens is 1. The molecule has 0 saturated heterocycles. The smallest absolute Gasteiger partial charge is 0.267 e. The Bertz CT molecular complexity index is 1390. The van der Waals surface area contributed by atoms with Gasteiger partial charge < -0.3 is 4.74 Å². The minimum atomic E-state index is -3.30. The summed E-state index contributed by atoms with van der Waals surface area (Å²) >= 11 is 2.67. The quantitative estimate of drug-likeness (QED) is 0.502. The number of carbonyl (C=O) groups is 1. The number of anilines is 1. The van der Waals surface area contributed by atoms with Gasteiger partial charge in [-0.25, -0.2) is 13.4 Å². The van der Waals surface area contributed by atoms with Crippen molar-refractivity contribution in [2.75, 3.05) is 11.6 Å². The van der Waals surface area contributed by atoms with Crippen LogP contribution in [0.15, 0.2) is 53.4 Å². The lowest BCUT2D eigenvalue weighted by molar-refractivity contribution is 0.103. The van der Waals surface area contributed by atoms with E-state index in [1.807, 2.05) is 30.3 Å². The van der Waals surface area contributed by atoms with Crippen molar-refractivity contribution in [1.29, 1.82) is 0 Å². The highest BCUT2D eigenvalue weighted by atomic mass is 32.2. The van der Waals surface area contributed by atoms with Crippen LogP contribution in [0.3, 0.4) is 0 Å². The Morgan fingerprint density at radius 3 is 2.79 bits per heavy atom. The SMILES string of the molecule is CS(=O)(=O)c1ccc2nc(NC(=O)c3cc4c(s3)-c3ccccc3OC4)sc2c1. The second kappa shape index (κ2) is 6.65. The van der Waals surface area contributed by atoms with Crippen LogP contribution in [0.1, 0.15) is 15.2 Å². The molecule has 0 fully saturated rings. The van der Waals surface area contributed by atoms with Crippen LogP contribution in [0.4, 0.5) is 5.13 Å². The van der Waals surface area contributed by atoms with Crippen LogP contribution in [0.5, 0.6) is 5.75 Å². The van der Waals surface area contributed by atoms with Crippen LogP contribution in [-0.4, -0.2) is 25.6 Å². The first-order chi connectivity index (χ1) is 13.9. The molecule has 1 N–H and O–H groups in total. The number of thiophene rings is 1. The van der Waals surface area contributed by atoms with Gasteiger partial charge in [0.15, 0.2) is 15.0 Å². The molecule has 5 rings (SSSR count). The van der Waals surface area contributed by atoms with Crippen LogP contribution in [0.25, 0.3) is 20.7 Å². The van der Waals surface area contributed by atoms with Crippen molar-refractivity contribution in [2.24, 2.45) is 0 Å². The van der Waals surface area contributed by atoms with E-state index in [0.29, 0.717) is 26.8 Å².